The lowest BCUT2D eigenvalue weighted by Crippen LogP contribution is -2.10. The van der Waals surface area contributed by atoms with Crippen LogP contribution in [0.25, 0.3) is 10.9 Å². The molecule has 2 rings (SSSR count). The highest BCUT2D eigenvalue weighted by Crippen LogP contribution is 2.27. The van der Waals surface area contributed by atoms with Gasteiger partial charge in [-0.3, -0.25) is 0 Å². The molecule has 3 nitrogen and oxygen atoms in total. The molecule has 0 bridgehead atoms. The molecule has 0 unspecified atom stereocenters. The van der Waals surface area contributed by atoms with Gasteiger partial charge in [0.1, 0.15) is 0 Å². The predicted molar refractivity (Wildman–Crippen MR) is 68.3 cm³/mol. The van der Waals surface area contributed by atoms with Gasteiger partial charge in [-0.15, -0.1) is 0 Å². The molecule has 0 spiro atoms. The molecule has 1 heterocycles. The number of carbonyl (C=O) groups excluding carboxylic acids is 1. The van der Waals surface area contributed by atoms with E-state index in [1.165, 1.54) is 7.11 Å². The van der Waals surface area contributed by atoms with Gasteiger partial charge >= 0.3 is 5.97 Å². The van der Waals surface area contributed by atoms with Gasteiger partial charge < -0.3 is 9.72 Å². The van der Waals surface area contributed by atoms with Crippen LogP contribution in [-0.4, -0.2) is 18.1 Å². The minimum Gasteiger partial charge on any atom is -0.465 e. The fourth-order valence-corrected chi connectivity index (χ4v) is 1.85. The van der Waals surface area contributed by atoms with Crippen LogP contribution >= 0.6 is 0 Å². The summed E-state index contributed by atoms with van der Waals surface area (Å²) in [5.74, 6) is -0.296. The molecule has 0 saturated carbocycles. The maximum Gasteiger partial charge on any atom is 0.338 e. The van der Waals surface area contributed by atoms with Crippen molar-refractivity contribution in [2.24, 2.45) is 0 Å². The quantitative estimate of drug-likeness (QED) is 0.765. The Morgan fingerprint density at radius 1 is 1.29 bits per heavy atom. The predicted octanol–water partition coefficient (Wildman–Crippen LogP) is 3.25. The highest BCUT2D eigenvalue weighted by molar-refractivity contribution is 6.04. The number of hydrogen-bond donors (Lipinski definition) is 1. The number of aromatic nitrogens is 1. The average molecular weight is 231 g/mol. The van der Waals surface area contributed by atoms with Gasteiger partial charge in [0.2, 0.25) is 0 Å². The van der Waals surface area contributed by atoms with Gasteiger partial charge in [0.05, 0.1) is 12.7 Å². The van der Waals surface area contributed by atoms with E-state index in [2.05, 4.69) is 25.8 Å². The van der Waals surface area contributed by atoms with Crippen molar-refractivity contribution >= 4 is 16.9 Å². The third kappa shape index (κ3) is 2.05. The lowest BCUT2D eigenvalue weighted by Gasteiger charge is -2.15. The van der Waals surface area contributed by atoms with E-state index >= 15 is 0 Å². The van der Waals surface area contributed by atoms with Gasteiger partial charge in [-0.05, 0) is 18.2 Å². The van der Waals surface area contributed by atoms with Gasteiger partial charge in [0.25, 0.3) is 0 Å². The molecule has 17 heavy (non-hydrogen) atoms. The molecule has 90 valence electrons. The van der Waals surface area contributed by atoms with Gasteiger partial charge in [0.15, 0.2) is 0 Å². The summed E-state index contributed by atoms with van der Waals surface area (Å²) >= 11 is 0. The summed E-state index contributed by atoms with van der Waals surface area (Å²) in [6.45, 7) is 6.40. The van der Waals surface area contributed by atoms with Gasteiger partial charge in [-0.1, -0.05) is 26.8 Å². The lowest BCUT2D eigenvalue weighted by atomic mass is 9.92. The van der Waals surface area contributed by atoms with Crippen molar-refractivity contribution in [3.63, 3.8) is 0 Å². The fraction of sp³-hybridized carbons (Fsp3) is 0.357. The van der Waals surface area contributed by atoms with Crippen molar-refractivity contribution in [2.45, 2.75) is 26.2 Å². The zero-order chi connectivity index (χ0) is 12.6. The minimum atomic E-state index is -0.296. The number of rotatable bonds is 1. The largest absolute Gasteiger partial charge is 0.465 e. The summed E-state index contributed by atoms with van der Waals surface area (Å²) in [5.41, 5.74) is 2.73. The van der Waals surface area contributed by atoms with E-state index in [9.17, 15) is 4.79 Å². The van der Waals surface area contributed by atoms with Gasteiger partial charge in [-0.25, -0.2) is 4.79 Å². The monoisotopic (exact) mass is 231 g/mol. The van der Waals surface area contributed by atoms with E-state index in [-0.39, 0.29) is 11.4 Å². The van der Waals surface area contributed by atoms with E-state index < -0.39 is 0 Å². The molecule has 0 aliphatic carbocycles. The number of fused-ring (bicyclic) bond motifs is 1. The summed E-state index contributed by atoms with van der Waals surface area (Å²) < 4.78 is 4.79. The highest BCUT2D eigenvalue weighted by Gasteiger charge is 2.19. The number of methoxy groups -OCH3 is 1. The summed E-state index contributed by atoms with van der Waals surface area (Å²) in [4.78, 5) is 15.0. The molecular weight excluding hydrogens is 214 g/mol. The van der Waals surface area contributed by atoms with Crippen molar-refractivity contribution in [1.29, 1.82) is 0 Å². The second-order valence-corrected chi connectivity index (χ2v) is 5.19. The molecule has 3 heteroatoms. The number of H-pyrrole nitrogens is 1. The molecule has 0 aliphatic heterocycles. The van der Waals surface area contributed by atoms with Gasteiger partial charge in [0, 0.05) is 22.0 Å². The Labute approximate surface area is 101 Å². The first kappa shape index (κ1) is 11.7. The van der Waals surface area contributed by atoms with E-state index in [0.29, 0.717) is 5.56 Å². The fourth-order valence-electron chi connectivity index (χ4n) is 1.85. The number of benzene rings is 1. The Balaban J connectivity index is 2.65. The van der Waals surface area contributed by atoms with Crippen LogP contribution in [0.4, 0.5) is 0 Å². The van der Waals surface area contributed by atoms with Crippen LogP contribution in [0.15, 0.2) is 24.3 Å². The lowest BCUT2D eigenvalue weighted by molar-refractivity contribution is 0.0603. The maximum atomic E-state index is 11.7. The molecule has 2 aromatic rings. The second-order valence-electron chi connectivity index (χ2n) is 5.19. The van der Waals surface area contributed by atoms with Crippen LogP contribution in [0, 0.1) is 0 Å². The van der Waals surface area contributed by atoms with Crippen molar-refractivity contribution in [1.82, 2.24) is 4.98 Å². The summed E-state index contributed by atoms with van der Waals surface area (Å²) in [7, 11) is 1.40. The van der Waals surface area contributed by atoms with Crippen molar-refractivity contribution < 1.29 is 9.53 Å². The zero-order valence-corrected chi connectivity index (χ0v) is 10.6. The van der Waals surface area contributed by atoms with Crippen LogP contribution in [0.1, 0.15) is 36.8 Å². The third-order valence-corrected chi connectivity index (χ3v) is 2.88. The Bertz CT molecular complexity index is 561. The molecule has 0 saturated heterocycles. The first-order valence-electron chi connectivity index (χ1n) is 5.64. The highest BCUT2D eigenvalue weighted by atomic mass is 16.5. The van der Waals surface area contributed by atoms with Crippen LogP contribution < -0.4 is 0 Å². The number of aromatic amines is 1. The number of carbonyl (C=O) groups is 1. The van der Waals surface area contributed by atoms with Crippen molar-refractivity contribution in [2.75, 3.05) is 7.11 Å². The first-order valence-corrected chi connectivity index (χ1v) is 5.64. The maximum absolute atomic E-state index is 11.7. The number of nitrogens with one attached hydrogen (secondary N) is 1. The Kier molecular flexibility index (Phi) is 2.69. The normalized spacial score (nSPS) is 11.8. The molecule has 0 atom stereocenters. The Hall–Kier alpha value is -1.77. The van der Waals surface area contributed by atoms with Crippen LogP contribution in [0.3, 0.4) is 0 Å². The number of ether oxygens (including phenoxy) is 1. The average Bonchev–Trinajstić information content (AvgIpc) is 2.71. The van der Waals surface area contributed by atoms with E-state index in [0.717, 1.165) is 16.6 Å². The molecule has 0 radical (unpaired) electrons. The SMILES string of the molecule is COC(=O)c1cccc2[nH]c(C(C)(C)C)cc12. The Morgan fingerprint density at radius 2 is 2.00 bits per heavy atom. The minimum absolute atomic E-state index is 0.0341. The van der Waals surface area contributed by atoms with Crippen molar-refractivity contribution in [3.8, 4) is 0 Å². The van der Waals surface area contributed by atoms with Gasteiger partial charge in [-0.2, -0.15) is 0 Å². The molecular formula is C14H17NO2. The standard InChI is InChI=1S/C14H17NO2/c1-14(2,3)12-8-10-9(13(16)17-4)6-5-7-11(10)15-12/h5-8,15H,1-4H3. The van der Waals surface area contributed by atoms with E-state index in [1.807, 2.05) is 18.2 Å². The summed E-state index contributed by atoms with van der Waals surface area (Å²) in [6, 6.07) is 7.64. The third-order valence-electron chi connectivity index (χ3n) is 2.88. The summed E-state index contributed by atoms with van der Waals surface area (Å²) in [5, 5.41) is 0.921. The van der Waals surface area contributed by atoms with Crippen molar-refractivity contribution in [3.05, 3.63) is 35.5 Å². The van der Waals surface area contributed by atoms with Crippen LogP contribution in [0.5, 0.6) is 0 Å². The van der Waals surface area contributed by atoms with E-state index in [4.69, 9.17) is 4.74 Å². The summed E-state index contributed by atoms with van der Waals surface area (Å²) in [6.07, 6.45) is 0. The number of hydrogen-bond acceptors (Lipinski definition) is 2. The molecule has 1 N–H and O–H groups in total. The molecule has 1 aromatic carbocycles. The second kappa shape index (κ2) is 3.91. The first-order chi connectivity index (χ1) is 7.93. The smallest absolute Gasteiger partial charge is 0.338 e. The zero-order valence-electron chi connectivity index (χ0n) is 10.6. The van der Waals surface area contributed by atoms with Crippen LogP contribution in [-0.2, 0) is 10.2 Å². The molecule has 0 aliphatic rings. The van der Waals surface area contributed by atoms with Crippen LogP contribution in [0.2, 0.25) is 0 Å². The molecule has 0 fully saturated rings. The molecule has 0 amide bonds. The number of esters is 1. The molecule has 1 aromatic heterocycles. The Morgan fingerprint density at radius 3 is 2.59 bits per heavy atom. The van der Waals surface area contributed by atoms with E-state index in [1.54, 1.807) is 6.07 Å². The topological polar surface area (TPSA) is 42.1 Å².